The Kier molecular flexibility index (Phi) is 4.50. The van der Waals surface area contributed by atoms with Gasteiger partial charge in [0.25, 0.3) is 0 Å². The summed E-state index contributed by atoms with van der Waals surface area (Å²) in [7, 11) is 0. The fraction of sp³-hybridized carbons (Fsp3) is 0.562. The second-order valence-corrected chi connectivity index (χ2v) is 6.68. The van der Waals surface area contributed by atoms with E-state index in [1.807, 2.05) is 11.8 Å². The lowest BCUT2D eigenvalue weighted by Gasteiger charge is -2.21. The number of thioether (sulfide) groups is 1. The van der Waals surface area contributed by atoms with E-state index in [1.165, 1.54) is 29.9 Å². The summed E-state index contributed by atoms with van der Waals surface area (Å²) >= 11 is 2.02. The maximum absolute atomic E-state index is 12.5. The Hall–Kier alpha value is -0.760. The number of ketones is 1. The average molecular weight is 262 g/mol. The van der Waals surface area contributed by atoms with Gasteiger partial charge in [0, 0.05) is 12.0 Å². The van der Waals surface area contributed by atoms with Crippen LogP contribution in [0.1, 0.15) is 46.3 Å². The lowest BCUT2D eigenvalue weighted by Crippen LogP contribution is -2.16. The molecule has 1 aliphatic heterocycles. The van der Waals surface area contributed by atoms with Gasteiger partial charge >= 0.3 is 0 Å². The van der Waals surface area contributed by atoms with Crippen LogP contribution >= 0.6 is 11.8 Å². The summed E-state index contributed by atoms with van der Waals surface area (Å²) in [6, 6.07) is 4.24. The predicted molar refractivity (Wildman–Crippen MR) is 79.6 cm³/mol. The molecule has 0 spiro atoms. The second kappa shape index (κ2) is 5.92. The third-order valence-electron chi connectivity index (χ3n) is 3.77. The third kappa shape index (κ3) is 3.17. The molecule has 1 saturated heterocycles. The summed E-state index contributed by atoms with van der Waals surface area (Å²) in [5.41, 5.74) is 4.50. The average Bonchev–Trinajstić information content (AvgIpc) is 2.28. The van der Waals surface area contributed by atoms with Crippen LogP contribution in [0.3, 0.4) is 0 Å². The second-order valence-electron chi connectivity index (χ2n) is 5.46. The van der Waals surface area contributed by atoms with E-state index in [4.69, 9.17) is 0 Å². The Balaban J connectivity index is 2.13. The van der Waals surface area contributed by atoms with Gasteiger partial charge in [-0.1, -0.05) is 17.7 Å². The topological polar surface area (TPSA) is 17.1 Å². The first-order valence-corrected chi connectivity index (χ1v) is 7.92. The fourth-order valence-electron chi connectivity index (χ4n) is 2.93. The van der Waals surface area contributed by atoms with Gasteiger partial charge in [-0.2, -0.15) is 11.8 Å². The van der Waals surface area contributed by atoms with Crippen molar-refractivity contribution in [3.05, 3.63) is 34.4 Å². The highest BCUT2D eigenvalue weighted by Gasteiger charge is 2.20. The zero-order valence-corrected chi connectivity index (χ0v) is 12.4. The van der Waals surface area contributed by atoms with E-state index in [0.29, 0.717) is 11.7 Å². The van der Waals surface area contributed by atoms with Gasteiger partial charge in [-0.15, -0.1) is 0 Å². The van der Waals surface area contributed by atoms with Gasteiger partial charge in [0.2, 0.25) is 0 Å². The van der Waals surface area contributed by atoms with E-state index in [9.17, 15) is 4.79 Å². The van der Waals surface area contributed by atoms with Crippen molar-refractivity contribution < 1.29 is 4.79 Å². The van der Waals surface area contributed by atoms with Gasteiger partial charge in [-0.3, -0.25) is 4.79 Å². The molecule has 0 aliphatic carbocycles. The minimum Gasteiger partial charge on any atom is -0.294 e. The van der Waals surface area contributed by atoms with E-state index in [0.717, 1.165) is 23.1 Å². The highest BCUT2D eigenvalue weighted by Crippen LogP contribution is 2.28. The number of aryl methyl sites for hydroxylation is 3. The van der Waals surface area contributed by atoms with E-state index in [1.54, 1.807) is 0 Å². The molecule has 2 rings (SSSR count). The van der Waals surface area contributed by atoms with Crippen LogP contribution in [-0.4, -0.2) is 17.3 Å². The van der Waals surface area contributed by atoms with Gasteiger partial charge in [0.15, 0.2) is 5.78 Å². The Labute approximate surface area is 114 Å². The number of Topliss-reactive ketones (excluding diaryl/α,β-unsaturated/α-hetero) is 1. The van der Waals surface area contributed by atoms with Crippen LogP contribution in [0.15, 0.2) is 12.1 Å². The minimum absolute atomic E-state index is 0.349. The van der Waals surface area contributed by atoms with Crippen LogP contribution in [0, 0.1) is 26.7 Å². The molecule has 0 unspecified atom stereocenters. The van der Waals surface area contributed by atoms with Crippen molar-refractivity contribution in [1.29, 1.82) is 0 Å². The summed E-state index contributed by atoms with van der Waals surface area (Å²) < 4.78 is 0. The number of carbonyl (C=O) groups is 1. The van der Waals surface area contributed by atoms with Crippen LogP contribution in [0.5, 0.6) is 0 Å². The Bertz CT molecular complexity index is 421. The quantitative estimate of drug-likeness (QED) is 0.754. The fourth-order valence-corrected chi connectivity index (χ4v) is 4.14. The molecule has 1 fully saturated rings. The summed E-state index contributed by atoms with van der Waals surface area (Å²) in [5, 5.41) is 0. The van der Waals surface area contributed by atoms with E-state index in [-0.39, 0.29) is 0 Å². The molecule has 98 valence electrons. The number of hydrogen-bond donors (Lipinski definition) is 0. The molecule has 1 nitrogen and oxygen atoms in total. The van der Waals surface area contributed by atoms with E-state index >= 15 is 0 Å². The molecule has 0 N–H and O–H groups in total. The molecule has 0 bridgehead atoms. The Morgan fingerprint density at radius 2 is 1.72 bits per heavy atom. The monoisotopic (exact) mass is 262 g/mol. The summed E-state index contributed by atoms with van der Waals surface area (Å²) in [6.07, 6.45) is 3.16. The number of benzene rings is 1. The van der Waals surface area contributed by atoms with Gasteiger partial charge < -0.3 is 0 Å². The first-order chi connectivity index (χ1) is 8.58. The van der Waals surface area contributed by atoms with Crippen LogP contribution in [0.2, 0.25) is 0 Å². The SMILES string of the molecule is Cc1cc(C)c(C(=O)CC2CCSCC2)c(C)c1. The number of carbonyl (C=O) groups excluding carboxylic acids is 1. The first-order valence-electron chi connectivity index (χ1n) is 6.76. The van der Waals surface area contributed by atoms with Gasteiger partial charge in [0.1, 0.15) is 0 Å². The molecule has 0 saturated carbocycles. The zero-order valence-electron chi connectivity index (χ0n) is 11.6. The maximum atomic E-state index is 12.5. The van der Waals surface area contributed by atoms with Gasteiger partial charge in [-0.25, -0.2) is 0 Å². The van der Waals surface area contributed by atoms with Crippen molar-refractivity contribution in [2.75, 3.05) is 11.5 Å². The summed E-state index contributed by atoms with van der Waals surface area (Å²) in [5.74, 6) is 3.41. The van der Waals surface area contributed by atoms with E-state index in [2.05, 4.69) is 32.9 Å². The lowest BCUT2D eigenvalue weighted by molar-refractivity contribution is 0.0957. The van der Waals surface area contributed by atoms with Crippen molar-refractivity contribution in [2.45, 2.75) is 40.0 Å². The van der Waals surface area contributed by atoms with Gasteiger partial charge in [-0.05, 0) is 62.2 Å². The highest BCUT2D eigenvalue weighted by atomic mass is 32.2. The number of rotatable bonds is 3. The molecule has 2 heteroatoms. The predicted octanol–water partition coefficient (Wildman–Crippen LogP) is 4.33. The molecular formula is C16H22OS. The number of hydrogen-bond acceptors (Lipinski definition) is 2. The van der Waals surface area contributed by atoms with Crippen molar-refractivity contribution in [2.24, 2.45) is 5.92 Å². The van der Waals surface area contributed by atoms with Crippen LogP contribution in [0.25, 0.3) is 0 Å². The van der Waals surface area contributed by atoms with Crippen molar-refractivity contribution in [3.8, 4) is 0 Å². The van der Waals surface area contributed by atoms with Crippen LogP contribution in [-0.2, 0) is 0 Å². The third-order valence-corrected chi connectivity index (χ3v) is 4.82. The Morgan fingerprint density at radius 1 is 1.17 bits per heavy atom. The standard InChI is InChI=1S/C16H22OS/c1-11-8-12(2)16(13(3)9-11)15(17)10-14-4-6-18-7-5-14/h8-9,14H,4-7,10H2,1-3H3. The molecule has 0 radical (unpaired) electrons. The molecule has 0 atom stereocenters. The molecule has 18 heavy (non-hydrogen) atoms. The maximum Gasteiger partial charge on any atom is 0.163 e. The Morgan fingerprint density at radius 3 is 2.28 bits per heavy atom. The van der Waals surface area contributed by atoms with Crippen molar-refractivity contribution in [1.82, 2.24) is 0 Å². The lowest BCUT2D eigenvalue weighted by atomic mass is 9.89. The minimum atomic E-state index is 0.349. The molecule has 0 amide bonds. The van der Waals surface area contributed by atoms with Crippen molar-refractivity contribution >= 4 is 17.5 Å². The largest absolute Gasteiger partial charge is 0.294 e. The molecule has 0 aromatic heterocycles. The highest BCUT2D eigenvalue weighted by molar-refractivity contribution is 7.99. The molecule has 1 aromatic rings. The molecule has 1 aliphatic rings. The molecule has 1 heterocycles. The summed E-state index contributed by atoms with van der Waals surface area (Å²) in [6.45, 7) is 6.21. The van der Waals surface area contributed by atoms with Crippen molar-refractivity contribution in [3.63, 3.8) is 0 Å². The first kappa shape index (κ1) is 13.7. The molecular weight excluding hydrogens is 240 g/mol. The smallest absolute Gasteiger partial charge is 0.163 e. The van der Waals surface area contributed by atoms with Crippen LogP contribution < -0.4 is 0 Å². The van der Waals surface area contributed by atoms with Gasteiger partial charge in [0.05, 0.1) is 0 Å². The molecule has 1 aromatic carbocycles. The van der Waals surface area contributed by atoms with E-state index < -0.39 is 0 Å². The van der Waals surface area contributed by atoms with Crippen LogP contribution in [0.4, 0.5) is 0 Å². The zero-order chi connectivity index (χ0) is 13.1. The normalized spacial score (nSPS) is 16.8. The summed E-state index contributed by atoms with van der Waals surface area (Å²) in [4.78, 5) is 12.5.